The molecule has 0 bridgehead atoms. The van der Waals surface area contributed by atoms with Crippen LogP contribution >= 0.6 is 0 Å². The smallest absolute Gasteiger partial charge is 0.270 e. The predicted molar refractivity (Wildman–Crippen MR) is 28.3 cm³/mol. The van der Waals surface area contributed by atoms with E-state index in [1.54, 1.807) is 5.10 Å². The summed E-state index contributed by atoms with van der Waals surface area (Å²) < 4.78 is 47.7. The van der Waals surface area contributed by atoms with Crippen molar-refractivity contribution in [3.05, 3.63) is 17.2 Å². The van der Waals surface area contributed by atoms with Gasteiger partial charge in [0.15, 0.2) is 0 Å². The first-order valence-electron chi connectivity index (χ1n) is 2.70. The zero-order valence-electron chi connectivity index (χ0n) is 5.46. The van der Waals surface area contributed by atoms with E-state index in [1.807, 2.05) is 0 Å². The maximum Gasteiger partial charge on any atom is 0.433 e. The maximum atomic E-state index is 12.2. The number of nitrogens with zero attached hydrogens (tertiary/aromatic N) is 1. The SMILES string of the molecule is Cc1c(F)n[nH]c1C(F)(F)F. The zero-order valence-corrected chi connectivity index (χ0v) is 5.46. The second-order valence-corrected chi connectivity index (χ2v) is 2.01. The summed E-state index contributed by atoms with van der Waals surface area (Å²) in [5.41, 5.74) is -1.63. The van der Waals surface area contributed by atoms with Gasteiger partial charge in [0.25, 0.3) is 0 Å². The molecule has 0 aromatic carbocycles. The van der Waals surface area contributed by atoms with Crippen molar-refractivity contribution in [2.45, 2.75) is 13.1 Å². The van der Waals surface area contributed by atoms with Crippen LogP contribution in [0.3, 0.4) is 0 Å². The third kappa shape index (κ3) is 1.33. The second kappa shape index (κ2) is 2.21. The number of nitrogens with one attached hydrogen (secondary N) is 1. The Morgan fingerprint density at radius 3 is 2.09 bits per heavy atom. The quantitative estimate of drug-likeness (QED) is 0.588. The van der Waals surface area contributed by atoms with E-state index in [-0.39, 0.29) is 0 Å². The van der Waals surface area contributed by atoms with Gasteiger partial charge in [0.05, 0.1) is 0 Å². The van der Waals surface area contributed by atoms with Crippen LogP contribution in [0.4, 0.5) is 17.6 Å². The molecule has 62 valence electrons. The summed E-state index contributed by atoms with van der Waals surface area (Å²) in [5.74, 6) is -1.11. The largest absolute Gasteiger partial charge is 0.433 e. The number of halogens is 4. The van der Waals surface area contributed by atoms with Crippen molar-refractivity contribution < 1.29 is 17.6 Å². The Kier molecular flexibility index (Phi) is 1.62. The number of hydrogen-bond acceptors (Lipinski definition) is 1. The Labute approximate surface area is 59.2 Å². The number of hydrogen-bond donors (Lipinski definition) is 1. The fourth-order valence-corrected chi connectivity index (χ4v) is 0.652. The van der Waals surface area contributed by atoms with E-state index in [4.69, 9.17) is 0 Å². The highest BCUT2D eigenvalue weighted by Gasteiger charge is 2.35. The van der Waals surface area contributed by atoms with Gasteiger partial charge in [-0.1, -0.05) is 0 Å². The molecule has 1 N–H and O–H groups in total. The number of rotatable bonds is 0. The van der Waals surface area contributed by atoms with Gasteiger partial charge < -0.3 is 0 Å². The Hall–Kier alpha value is -1.07. The molecule has 0 radical (unpaired) electrons. The highest BCUT2D eigenvalue weighted by Crippen LogP contribution is 2.30. The van der Waals surface area contributed by atoms with Gasteiger partial charge in [0, 0.05) is 5.56 Å². The van der Waals surface area contributed by atoms with Crippen LogP contribution in [0.1, 0.15) is 11.3 Å². The van der Waals surface area contributed by atoms with Crippen LogP contribution in [-0.2, 0) is 6.18 Å². The standard InChI is InChI=1S/C5H4F4N2/c1-2-3(5(7,8)9)10-11-4(2)6/h1H3,(H,10,11). The lowest BCUT2D eigenvalue weighted by molar-refractivity contribution is -0.141. The summed E-state index contributed by atoms with van der Waals surface area (Å²) in [5, 5.41) is 4.33. The Bertz CT molecular complexity index is 262. The van der Waals surface area contributed by atoms with Crippen molar-refractivity contribution in [3.63, 3.8) is 0 Å². The molecule has 0 aliphatic rings. The molecule has 0 atom stereocenters. The van der Waals surface area contributed by atoms with Gasteiger partial charge in [-0.25, -0.2) is 0 Å². The maximum absolute atomic E-state index is 12.2. The van der Waals surface area contributed by atoms with Crippen LogP contribution in [0.5, 0.6) is 0 Å². The van der Waals surface area contributed by atoms with Gasteiger partial charge in [-0.15, -0.1) is 5.10 Å². The normalized spacial score (nSPS) is 12.1. The predicted octanol–water partition coefficient (Wildman–Crippen LogP) is 1.88. The molecule has 1 aromatic rings. The lowest BCUT2D eigenvalue weighted by Crippen LogP contribution is -2.07. The number of H-pyrrole nitrogens is 1. The molecular formula is C5H4F4N2. The molecule has 0 amide bonds. The molecule has 11 heavy (non-hydrogen) atoms. The Morgan fingerprint density at radius 2 is 1.91 bits per heavy atom. The van der Waals surface area contributed by atoms with Crippen molar-refractivity contribution >= 4 is 0 Å². The molecule has 2 nitrogen and oxygen atoms in total. The van der Waals surface area contributed by atoms with Gasteiger partial charge in [-0.2, -0.15) is 17.6 Å². The monoisotopic (exact) mass is 168 g/mol. The molecule has 0 saturated heterocycles. The van der Waals surface area contributed by atoms with E-state index >= 15 is 0 Å². The molecule has 1 rings (SSSR count). The lowest BCUT2D eigenvalue weighted by atomic mass is 10.3. The van der Waals surface area contributed by atoms with Crippen LogP contribution in [0.25, 0.3) is 0 Å². The van der Waals surface area contributed by atoms with E-state index in [0.717, 1.165) is 6.92 Å². The minimum atomic E-state index is -4.55. The number of aromatic nitrogens is 2. The van der Waals surface area contributed by atoms with E-state index in [2.05, 4.69) is 5.10 Å². The van der Waals surface area contributed by atoms with Gasteiger partial charge in [0.2, 0.25) is 5.95 Å². The molecule has 0 unspecified atom stereocenters. The lowest BCUT2D eigenvalue weighted by Gasteiger charge is -2.02. The van der Waals surface area contributed by atoms with Crippen molar-refractivity contribution in [3.8, 4) is 0 Å². The van der Waals surface area contributed by atoms with Gasteiger partial charge in [-0.3, -0.25) is 5.10 Å². The minimum absolute atomic E-state index is 0.502. The van der Waals surface area contributed by atoms with Gasteiger partial charge in [-0.05, 0) is 6.92 Å². The summed E-state index contributed by atoms with van der Waals surface area (Å²) in [4.78, 5) is 0. The van der Waals surface area contributed by atoms with Crippen LogP contribution in [-0.4, -0.2) is 10.2 Å². The summed E-state index contributed by atoms with van der Waals surface area (Å²) >= 11 is 0. The first-order chi connectivity index (χ1) is 4.93. The van der Waals surface area contributed by atoms with Crippen molar-refractivity contribution in [2.75, 3.05) is 0 Å². The van der Waals surface area contributed by atoms with Crippen molar-refractivity contribution in [1.82, 2.24) is 10.2 Å². The molecular weight excluding hydrogens is 164 g/mol. The molecule has 0 fully saturated rings. The summed E-state index contributed by atoms with van der Waals surface area (Å²) in [7, 11) is 0. The van der Waals surface area contributed by atoms with Crippen LogP contribution < -0.4 is 0 Å². The van der Waals surface area contributed by atoms with E-state index in [1.165, 1.54) is 0 Å². The second-order valence-electron chi connectivity index (χ2n) is 2.01. The summed E-state index contributed by atoms with van der Waals surface area (Å²) in [6.07, 6.45) is -4.55. The highest BCUT2D eigenvalue weighted by atomic mass is 19.4. The average molecular weight is 168 g/mol. The molecule has 1 heterocycles. The number of aromatic amines is 1. The topological polar surface area (TPSA) is 28.7 Å². The number of alkyl halides is 3. The summed E-state index contributed by atoms with van der Waals surface area (Å²) in [6.45, 7) is 1.02. The Morgan fingerprint density at radius 1 is 1.36 bits per heavy atom. The molecule has 0 aliphatic heterocycles. The zero-order chi connectivity index (χ0) is 8.65. The van der Waals surface area contributed by atoms with Crippen molar-refractivity contribution in [1.29, 1.82) is 0 Å². The average Bonchev–Trinajstić information content (AvgIpc) is 2.11. The highest BCUT2D eigenvalue weighted by molar-refractivity contribution is 5.18. The van der Waals surface area contributed by atoms with Crippen LogP contribution in [0, 0.1) is 12.9 Å². The van der Waals surface area contributed by atoms with Crippen molar-refractivity contribution in [2.24, 2.45) is 0 Å². The van der Waals surface area contributed by atoms with Gasteiger partial charge in [0.1, 0.15) is 5.69 Å². The van der Waals surface area contributed by atoms with Crippen LogP contribution in [0.2, 0.25) is 0 Å². The first kappa shape index (κ1) is 8.03. The molecule has 0 saturated carbocycles. The third-order valence-corrected chi connectivity index (χ3v) is 1.23. The van der Waals surface area contributed by atoms with E-state index in [9.17, 15) is 17.6 Å². The third-order valence-electron chi connectivity index (χ3n) is 1.23. The fraction of sp³-hybridized carbons (Fsp3) is 0.400. The van der Waals surface area contributed by atoms with Gasteiger partial charge >= 0.3 is 6.18 Å². The van der Waals surface area contributed by atoms with E-state index in [0.29, 0.717) is 0 Å². The molecule has 0 spiro atoms. The molecule has 6 heteroatoms. The van der Waals surface area contributed by atoms with Crippen LogP contribution in [0.15, 0.2) is 0 Å². The van der Waals surface area contributed by atoms with E-state index < -0.39 is 23.4 Å². The fourth-order valence-electron chi connectivity index (χ4n) is 0.652. The summed E-state index contributed by atoms with van der Waals surface area (Å²) in [6, 6.07) is 0. The molecule has 1 aromatic heterocycles. The Balaban J connectivity index is 3.15. The minimum Gasteiger partial charge on any atom is -0.270 e. The molecule has 0 aliphatic carbocycles. The first-order valence-corrected chi connectivity index (χ1v) is 2.70.